The molecule has 1 aliphatic rings. The van der Waals surface area contributed by atoms with E-state index in [2.05, 4.69) is 34.7 Å². The molecule has 3 rings (SSSR count). The van der Waals surface area contributed by atoms with E-state index >= 15 is 0 Å². The molecule has 2 aromatic rings. The van der Waals surface area contributed by atoms with Crippen LogP contribution >= 0.6 is 11.6 Å². The maximum Gasteiger partial charge on any atom is 0.288 e. The van der Waals surface area contributed by atoms with Gasteiger partial charge in [-0.05, 0) is 51.2 Å². The molecule has 1 N–H and O–H groups in total. The lowest BCUT2D eigenvalue weighted by atomic mass is 9.83. The van der Waals surface area contributed by atoms with E-state index in [1.54, 1.807) is 6.20 Å². The van der Waals surface area contributed by atoms with Gasteiger partial charge in [0.25, 0.3) is 5.56 Å². The third-order valence-corrected chi connectivity index (χ3v) is 4.95. The Kier molecular flexibility index (Phi) is 4.68. The Morgan fingerprint density at radius 3 is 2.83 bits per heavy atom. The minimum Gasteiger partial charge on any atom is -0.382 e. The molecule has 0 saturated heterocycles. The summed E-state index contributed by atoms with van der Waals surface area (Å²) in [5, 5.41) is 7.82. The number of hydrogen-bond acceptors (Lipinski definition) is 3. The molecule has 0 aliphatic heterocycles. The van der Waals surface area contributed by atoms with E-state index in [1.165, 1.54) is 22.2 Å². The number of benzene rings is 1. The molecule has 0 bridgehead atoms. The van der Waals surface area contributed by atoms with Crippen LogP contribution in [0.2, 0.25) is 5.02 Å². The number of fused-ring (bicyclic) bond motifs is 1. The molecule has 24 heavy (non-hydrogen) atoms. The van der Waals surface area contributed by atoms with Crippen molar-refractivity contribution in [3.05, 3.63) is 57.0 Å². The lowest BCUT2D eigenvalue weighted by molar-refractivity contribution is 0.338. The predicted octanol–water partition coefficient (Wildman–Crippen LogP) is 4.18. The molecule has 5 heteroatoms. The van der Waals surface area contributed by atoms with Gasteiger partial charge in [-0.1, -0.05) is 35.9 Å². The van der Waals surface area contributed by atoms with E-state index in [0.29, 0.717) is 11.6 Å². The molecule has 0 amide bonds. The summed E-state index contributed by atoms with van der Waals surface area (Å²) in [5.74, 6) is 0.441. The molecule has 1 aromatic carbocycles. The molecular formula is C19H24ClN3O. The topological polar surface area (TPSA) is 46.9 Å². The zero-order valence-corrected chi connectivity index (χ0v) is 15.2. The van der Waals surface area contributed by atoms with E-state index in [0.717, 1.165) is 19.4 Å². The first-order chi connectivity index (χ1) is 11.4. The highest BCUT2D eigenvalue weighted by Gasteiger charge is 2.22. The fourth-order valence-corrected chi connectivity index (χ4v) is 3.53. The molecule has 0 spiro atoms. The van der Waals surface area contributed by atoms with E-state index in [4.69, 9.17) is 11.6 Å². The van der Waals surface area contributed by atoms with Gasteiger partial charge in [0.1, 0.15) is 5.02 Å². The van der Waals surface area contributed by atoms with Crippen LogP contribution in [0.25, 0.3) is 0 Å². The first kappa shape index (κ1) is 17.0. The molecule has 4 nitrogen and oxygen atoms in total. The Morgan fingerprint density at radius 2 is 2.08 bits per heavy atom. The zero-order chi connectivity index (χ0) is 17.3. The Labute approximate surface area is 147 Å². The molecule has 0 radical (unpaired) electrons. The Hall–Kier alpha value is -1.81. The van der Waals surface area contributed by atoms with Crippen LogP contribution in [0.1, 0.15) is 50.7 Å². The Bertz CT molecular complexity index is 792. The Balaban J connectivity index is 1.79. The van der Waals surface area contributed by atoms with Crippen molar-refractivity contribution in [3.8, 4) is 0 Å². The number of hydrogen-bond donors (Lipinski definition) is 1. The van der Waals surface area contributed by atoms with Gasteiger partial charge in [-0.3, -0.25) is 4.79 Å². The second kappa shape index (κ2) is 6.60. The minimum atomic E-state index is -0.387. The largest absolute Gasteiger partial charge is 0.382 e. The van der Waals surface area contributed by atoms with Crippen LogP contribution in [0.3, 0.4) is 0 Å². The van der Waals surface area contributed by atoms with E-state index in [-0.39, 0.29) is 16.1 Å². The average molecular weight is 346 g/mol. The summed E-state index contributed by atoms with van der Waals surface area (Å²) >= 11 is 6.29. The van der Waals surface area contributed by atoms with Crippen LogP contribution in [-0.2, 0) is 12.0 Å². The molecule has 1 aromatic heterocycles. The summed E-state index contributed by atoms with van der Waals surface area (Å²) in [7, 11) is 0. The number of halogens is 1. The van der Waals surface area contributed by atoms with Crippen molar-refractivity contribution in [1.82, 2.24) is 9.78 Å². The molecule has 1 atom stereocenters. The van der Waals surface area contributed by atoms with Crippen molar-refractivity contribution >= 4 is 17.3 Å². The first-order valence-corrected chi connectivity index (χ1v) is 8.85. The minimum absolute atomic E-state index is 0.212. The van der Waals surface area contributed by atoms with Crippen LogP contribution in [0, 0.1) is 0 Å². The van der Waals surface area contributed by atoms with Gasteiger partial charge in [-0.15, -0.1) is 0 Å². The number of nitrogens with one attached hydrogen (secondary N) is 1. The van der Waals surface area contributed by atoms with Gasteiger partial charge < -0.3 is 5.32 Å². The smallest absolute Gasteiger partial charge is 0.288 e. The van der Waals surface area contributed by atoms with Crippen molar-refractivity contribution in [2.45, 2.75) is 51.5 Å². The summed E-state index contributed by atoms with van der Waals surface area (Å²) in [6.45, 7) is 6.56. The summed E-state index contributed by atoms with van der Waals surface area (Å²) in [6, 6.07) is 8.61. The molecule has 0 saturated carbocycles. The summed E-state index contributed by atoms with van der Waals surface area (Å²) in [4.78, 5) is 12.4. The van der Waals surface area contributed by atoms with Gasteiger partial charge in [0, 0.05) is 12.5 Å². The number of aromatic nitrogens is 2. The highest BCUT2D eigenvalue weighted by atomic mass is 35.5. The summed E-state index contributed by atoms with van der Waals surface area (Å²) < 4.78 is 1.43. The van der Waals surface area contributed by atoms with E-state index in [1.807, 2.05) is 20.8 Å². The van der Waals surface area contributed by atoms with Crippen molar-refractivity contribution in [2.24, 2.45) is 0 Å². The second-order valence-corrected chi connectivity index (χ2v) is 7.81. The third kappa shape index (κ3) is 3.34. The normalized spacial score (nSPS) is 17.4. The van der Waals surface area contributed by atoms with Gasteiger partial charge in [-0.25, -0.2) is 4.68 Å². The van der Waals surface area contributed by atoms with Crippen molar-refractivity contribution in [1.29, 1.82) is 0 Å². The predicted molar refractivity (Wildman–Crippen MR) is 99.1 cm³/mol. The monoisotopic (exact) mass is 345 g/mol. The lowest BCUT2D eigenvalue weighted by Crippen LogP contribution is -2.36. The molecule has 1 unspecified atom stereocenters. The van der Waals surface area contributed by atoms with Crippen LogP contribution in [0.15, 0.2) is 35.3 Å². The molecule has 1 aliphatic carbocycles. The number of aryl methyl sites for hydroxylation is 1. The lowest BCUT2D eigenvalue weighted by Gasteiger charge is -2.26. The number of rotatable bonds is 3. The standard InChI is InChI=1S/C19H24ClN3O/c1-19(2,3)23-18(24)17(20)16(12-22-23)21-11-14-9-6-8-13-7-4-5-10-15(13)14/h4-5,7,10,12,14,21H,6,8-9,11H2,1-3H3. The van der Waals surface area contributed by atoms with Crippen LogP contribution in [-0.4, -0.2) is 16.3 Å². The summed E-state index contributed by atoms with van der Waals surface area (Å²) in [6.07, 6.45) is 5.15. The van der Waals surface area contributed by atoms with Gasteiger partial charge in [-0.2, -0.15) is 5.10 Å². The number of anilines is 1. The summed E-state index contributed by atoms with van der Waals surface area (Å²) in [5.41, 5.74) is 2.82. The highest BCUT2D eigenvalue weighted by Crippen LogP contribution is 2.32. The highest BCUT2D eigenvalue weighted by molar-refractivity contribution is 6.32. The fraction of sp³-hybridized carbons (Fsp3) is 0.474. The Morgan fingerprint density at radius 1 is 1.33 bits per heavy atom. The maximum atomic E-state index is 12.4. The molecular weight excluding hydrogens is 322 g/mol. The fourth-order valence-electron chi connectivity index (χ4n) is 3.33. The average Bonchev–Trinajstić information content (AvgIpc) is 2.55. The molecule has 128 valence electrons. The SMILES string of the molecule is CC(C)(C)n1ncc(NCC2CCCc3ccccc32)c(Cl)c1=O. The van der Waals surface area contributed by atoms with E-state index < -0.39 is 0 Å². The third-order valence-electron chi connectivity index (χ3n) is 4.59. The van der Waals surface area contributed by atoms with Gasteiger partial charge in [0.2, 0.25) is 0 Å². The van der Waals surface area contributed by atoms with Crippen LogP contribution < -0.4 is 10.9 Å². The van der Waals surface area contributed by atoms with Crippen molar-refractivity contribution in [2.75, 3.05) is 11.9 Å². The number of nitrogens with zero attached hydrogens (tertiary/aromatic N) is 2. The zero-order valence-electron chi connectivity index (χ0n) is 14.5. The van der Waals surface area contributed by atoms with Crippen LogP contribution in [0.4, 0.5) is 5.69 Å². The van der Waals surface area contributed by atoms with Gasteiger partial charge in [0.15, 0.2) is 0 Å². The van der Waals surface area contributed by atoms with Gasteiger partial charge in [0.05, 0.1) is 17.4 Å². The second-order valence-electron chi connectivity index (χ2n) is 7.43. The molecule has 1 heterocycles. The van der Waals surface area contributed by atoms with Crippen LogP contribution in [0.5, 0.6) is 0 Å². The maximum absolute atomic E-state index is 12.4. The molecule has 0 fully saturated rings. The first-order valence-electron chi connectivity index (χ1n) is 8.48. The van der Waals surface area contributed by atoms with E-state index in [9.17, 15) is 4.79 Å². The van der Waals surface area contributed by atoms with Crippen molar-refractivity contribution in [3.63, 3.8) is 0 Å². The van der Waals surface area contributed by atoms with Crippen molar-refractivity contribution < 1.29 is 0 Å². The quantitative estimate of drug-likeness (QED) is 0.907. The van der Waals surface area contributed by atoms with Gasteiger partial charge >= 0.3 is 0 Å².